The average molecular weight is 259 g/mol. The monoisotopic (exact) mass is 258 g/mol. The van der Waals surface area contributed by atoms with Gasteiger partial charge in [0.1, 0.15) is 0 Å². The van der Waals surface area contributed by atoms with E-state index in [0.717, 1.165) is 10.0 Å². The molecule has 0 radical (unpaired) electrons. The quantitative estimate of drug-likeness (QED) is 0.811. The SMILES string of the molecule is CN(C)CC(O)c1ccc(Br)c(N)c1. The van der Waals surface area contributed by atoms with E-state index >= 15 is 0 Å². The Labute approximate surface area is 92.7 Å². The van der Waals surface area contributed by atoms with Gasteiger partial charge < -0.3 is 15.7 Å². The van der Waals surface area contributed by atoms with Crippen molar-refractivity contribution >= 4 is 21.6 Å². The van der Waals surface area contributed by atoms with Crippen molar-refractivity contribution in [3.05, 3.63) is 28.2 Å². The minimum Gasteiger partial charge on any atom is -0.398 e. The zero-order valence-electron chi connectivity index (χ0n) is 8.37. The molecule has 0 aliphatic heterocycles. The van der Waals surface area contributed by atoms with Gasteiger partial charge in [0.25, 0.3) is 0 Å². The maximum Gasteiger partial charge on any atom is 0.0917 e. The molecule has 1 atom stereocenters. The van der Waals surface area contributed by atoms with Crippen LogP contribution in [0.15, 0.2) is 22.7 Å². The Balaban J connectivity index is 2.80. The molecule has 14 heavy (non-hydrogen) atoms. The third-order valence-corrected chi connectivity index (χ3v) is 2.67. The van der Waals surface area contributed by atoms with E-state index in [-0.39, 0.29) is 0 Å². The molecule has 0 amide bonds. The molecule has 0 saturated carbocycles. The van der Waals surface area contributed by atoms with Crippen molar-refractivity contribution in [3.8, 4) is 0 Å². The summed E-state index contributed by atoms with van der Waals surface area (Å²) >= 11 is 3.31. The first kappa shape index (κ1) is 11.5. The molecule has 0 aliphatic rings. The molecule has 0 fully saturated rings. The summed E-state index contributed by atoms with van der Waals surface area (Å²) in [6, 6.07) is 5.51. The summed E-state index contributed by atoms with van der Waals surface area (Å²) in [5.41, 5.74) is 7.22. The summed E-state index contributed by atoms with van der Waals surface area (Å²) in [6.45, 7) is 0.598. The minimum atomic E-state index is -0.486. The first-order valence-electron chi connectivity index (χ1n) is 4.38. The molecule has 0 heterocycles. The third kappa shape index (κ3) is 2.97. The van der Waals surface area contributed by atoms with Crippen LogP contribution in [0.4, 0.5) is 5.69 Å². The zero-order chi connectivity index (χ0) is 10.7. The Morgan fingerprint density at radius 3 is 2.64 bits per heavy atom. The fraction of sp³-hybridized carbons (Fsp3) is 0.400. The normalized spacial score (nSPS) is 13.2. The Morgan fingerprint density at radius 2 is 2.14 bits per heavy atom. The summed E-state index contributed by atoms with van der Waals surface area (Å²) in [4.78, 5) is 1.93. The molecule has 1 aromatic carbocycles. The fourth-order valence-corrected chi connectivity index (χ4v) is 1.47. The van der Waals surface area contributed by atoms with Crippen LogP contribution in [0.25, 0.3) is 0 Å². The van der Waals surface area contributed by atoms with E-state index in [1.165, 1.54) is 0 Å². The first-order valence-corrected chi connectivity index (χ1v) is 5.17. The van der Waals surface area contributed by atoms with Crippen LogP contribution in [0.5, 0.6) is 0 Å². The van der Waals surface area contributed by atoms with Gasteiger partial charge in [0, 0.05) is 16.7 Å². The summed E-state index contributed by atoms with van der Waals surface area (Å²) in [5.74, 6) is 0. The molecule has 1 rings (SSSR count). The lowest BCUT2D eigenvalue weighted by Crippen LogP contribution is -2.20. The van der Waals surface area contributed by atoms with E-state index in [1.54, 1.807) is 6.07 Å². The molecule has 0 aromatic heterocycles. The van der Waals surface area contributed by atoms with Gasteiger partial charge in [-0.1, -0.05) is 6.07 Å². The van der Waals surface area contributed by atoms with Crippen LogP contribution in [-0.4, -0.2) is 30.6 Å². The number of halogens is 1. The standard InChI is InChI=1S/C10H15BrN2O/c1-13(2)6-10(14)7-3-4-8(11)9(12)5-7/h3-5,10,14H,6,12H2,1-2H3. The van der Waals surface area contributed by atoms with Crippen molar-refractivity contribution in [1.82, 2.24) is 4.90 Å². The van der Waals surface area contributed by atoms with Gasteiger partial charge in [-0.15, -0.1) is 0 Å². The minimum absolute atomic E-state index is 0.486. The molecule has 4 heteroatoms. The largest absolute Gasteiger partial charge is 0.398 e. The smallest absolute Gasteiger partial charge is 0.0917 e. The highest BCUT2D eigenvalue weighted by Crippen LogP contribution is 2.23. The molecule has 3 N–H and O–H groups in total. The van der Waals surface area contributed by atoms with E-state index in [2.05, 4.69) is 15.9 Å². The molecule has 0 saturated heterocycles. The number of nitrogen functional groups attached to an aromatic ring is 1. The fourth-order valence-electron chi connectivity index (χ4n) is 1.22. The van der Waals surface area contributed by atoms with Gasteiger partial charge in [0.15, 0.2) is 0 Å². The lowest BCUT2D eigenvalue weighted by atomic mass is 10.1. The number of rotatable bonds is 3. The maximum absolute atomic E-state index is 9.79. The second kappa shape index (κ2) is 4.77. The second-order valence-electron chi connectivity index (χ2n) is 3.56. The van der Waals surface area contributed by atoms with Crippen LogP contribution in [0.3, 0.4) is 0 Å². The summed E-state index contributed by atoms with van der Waals surface area (Å²) < 4.78 is 0.860. The van der Waals surface area contributed by atoms with Gasteiger partial charge in [-0.05, 0) is 47.7 Å². The van der Waals surface area contributed by atoms with Gasteiger partial charge in [0.05, 0.1) is 6.10 Å². The summed E-state index contributed by atoms with van der Waals surface area (Å²) in [7, 11) is 3.84. The highest BCUT2D eigenvalue weighted by Gasteiger charge is 2.09. The molecule has 3 nitrogen and oxygen atoms in total. The first-order chi connectivity index (χ1) is 6.50. The summed E-state index contributed by atoms with van der Waals surface area (Å²) in [6.07, 6.45) is -0.486. The average Bonchev–Trinajstić information content (AvgIpc) is 2.08. The number of hydrogen-bond donors (Lipinski definition) is 2. The van der Waals surface area contributed by atoms with Crippen molar-refractivity contribution < 1.29 is 5.11 Å². The maximum atomic E-state index is 9.79. The highest BCUT2D eigenvalue weighted by atomic mass is 79.9. The van der Waals surface area contributed by atoms with Gasteiger partial charge in [-0.2, -0.15) is 0 Å². The Bertz CT molecular complexity index is 315. The number of aliphatic hydroxyl groups excluding tert-OH is 1. The zero-order valence-corrected chi connectivity index (χ0v) is 9.95. The van der Waals surface area contributed by atoms with Crippen LogP contribution in [0.1, 0.15) is 11.7 Å². The summed E-state index contributed by atoms with van der Waals surface area (Å²) in [5, 5.41) is 9.79. The van der Waals surface area contributed by atoms with Crippen LogP contribution in [0.2, 0.25) is 0 Å². The number of nitrogens with two attached hydrogens (primary N) is 1. The molecule has 0 aliphatic carbocycles. The van der Waals surface area contributed by atoms with E-state index in [9.17, 15) is 5.11 Å². The number of benzene rings is 1. The van der Waals surface area contributed by atoms with Crippen LogP contribution >= 0.6 is 15.9 Å². The predicted molar refractivity (Wildman–Crippen MR) is 62.1 cm³/mol. The predicted octanol–water partition coefficient (Wildman–Crippen LogP) is 1.63. The van der Waals surface area contributed by atoms with Crippen molar-refractivity contribution in [2.45, 2.75) is 6.10 Å². The molecular formula is C10H15BrN2O. The van der Waals surface area contributed by atoms with Gasteiger partial charge in [-0.25, -0.2) is 0 Å². The van der Waals surface area contributed by atoms with Crippen molar-refractivity contribution in [2.75, 3.05) is 26.4 Å². The third-order valence-electron chi connectivity index (χ3n) is 1.94. The number of likely N-dealkylation sites (N-methyl/N-ethyl adjacent to an activating group) is 1. The van der Waals surface area contributed by atoms with Gasteiger partial charge >= 0.3 is 0 Å². The number of nitrogens with zero attached hydrogens (tertiary/aromatic N) is 1. The van der Waals surface area contributed by atoms with E-state index in [1.807, 2.05) is 31.1 Å². The van der Waals surface area contributed by atoms with Gasteiger partial charge in [0.2, 0.25) is 0 Å². The molecule has 0 spiro atoms. The number of aliphatic hydroxyl groups is 1. The lowest BCUT2D eigenvalue weighted by Gasteiger charge is -2.16. The second-order valence-corrected chi connectivity index (χ2v) is 4.41. The van der Waals surface area contributed by atoms with Crippen molar-refractivity contribution in [2.24, 2.45) is 0 Å². The molecule has 0 bridgehead atoms. The van der Waals surface area contributed by atoms with Crippen molar-refractivity contribution in [3.63, 3.8) is 0 Å². The highest BCUT2D eigenvalue weighted by molar-refractivity contribution is 9.10. The molecular weight excluding hydrogens is 244 g/mol. The van der Waals surface area contributed by atoms with Gasteiger partial charge in [-0.3, -0.25) is 0 Å². The van der Waals surface area contributed by atoms with Crippen molar-refractivity contribution in [1.29, 1.82) is 0 Å². The van der Waals surface area contributed by atoms with E-state index in [0.29, 0.717) is 12.2 Å². The Morgan fingerprint density at radius 1 is 1.50 bits per heavy atom. The van der Waals surface area contributed by atoms with E-state index < -0.39 is 6.10 Å². The van der Waals surface area contributed by atoms with Crippen LogP contribution in [0, 0.1) is 0 Å². The van der Waals surface area contributed by atoms with Crippen LogP contribution in [-0.2, 0) is 0 Å². The Hall–Kier alpha value is -0.580. The molecule has 1 aromatic rings. The molecule has 1 unspecified atom stereocenters. The van der Waals surface area contributed by atoms with E-state index in [4.69, 9.17) is 5.73 Å². The Kier molecular flexibility index (Phi) is 3.92. The number of hydrogen-bond acceptors (Lipinski definition) is 3. The van der Waals surface area contributed by atoms with Crippen LogP contribution < -0.4 is 5.73 Å². The topological polar surface area (TPSA) is 49.5 Å². The lowest BCUT2D eigenvalue weighted by molar-refractivity contribution is 0.138. The number of anilines is 1. The molecule has 78 valence electrons.